The first kappa shape index (κ1) is 15.2. The standard InChI is InChI=1S/C14H20N2O3/c1-11(17)12-6-8-13(9-7-12)19-10-4-2-3-5-14(18)16-15/h6-9H,2-5,10,15H2,1H3,(H,16,18). The van der Waals surface area contributed by atoms with E-state index in [1.165, 1.54) is 6.92 Å². The Morgan fingerprint density at radius 1 is 1.16 bits per heavy atom. The molecule has 5 heteroatoms. The van der Waals surface area contributed by atoms with Crippen LogP contribution in [0, 0.1) is 0 Å². The molecule has 1 amide bonds. The molecule has 0 bridgehead atoms. The van der Waals surface area contributed by atoms with Crippen LogP contribution < -0.4 is 16.0 Å². The Hall–Kier alpha value is -1.88. The Bertz CT molecular complexity index is 415. The number of hydrogen-bond acceptors (Lipinski definition) is 4. The molecule has 0 fully saturated rings. The molecule has 0 unspecified atom stereocenters. The molecular formula is C14H20N2O3. The van der Waals surface area contributed by atoms with E-state index >= 15 is 0 Å². The molecule has 0 spiro atoms. The molecular weight excluding hydrogens is 244 g/mol. The zero-order valence-electron chi connectivity index (χ0n) is 11.1. The third-order valence-electron chi connectivity index (χ3n) is 2.74. The van der Waals surface area contributed by atoms with Crippen LogP contribution in [0.25, 0.3) is 0 Å². The summed E-state index contributed by atoms with van der Waals surface area (Å²) in [6, 6.07) is 7.09. The number of benzene rings is 1. The van der Waals surface area contributed by atoms with Gasteiger partial charge in [-0.25, -0.2) is 5.84 Å². The largest absolute Gasteiger partial charge is 0.494 e. The molecule has 1 rings (SSSR count). The fourth-order valence-corrected chi connectivity index (χ4v) is 1.61. The van der Waals surface area contributed by atoms with Crippen LogP contribution in [0.1, 0.15) is 43.0 Å². The average Bonchev–Trinajstić information content (AvgIpc) is 2.42. The van der Waals surface area contributed by atoms with Crippen LogP contribution in [0.15, 0.2) is 24.3 Å². The number of amides is 1. The predicted octanol–water partition coefficient (Wildman–Crippen LogP) is 1.82. The minimum Gasteiger partial charge on any atom is -0.494 e. The molecule has 0 atom stereocenters. The second-order valence-corrected chi connectivity index (χ2v) is 4.31. The number of rotatable bonds is 8. The first-order valence-corrected chi connectivity index (χ1v) is 6.36. The zero-order valence-corrected chi connectivity index (χ0v) is 11.1. The molecule has 0 radical (unpaired) electrons. The van der Waals surface area contributed by atoms with Gasteiger partial charge in [-0.15, -0.1) is 0 Å². The number of hydrogen-bond donors (Lipinski definition) is 2. The topological polar surface area (TPSA) is 81.4 Å². The molecule has 0 saturated carbocycles. The van der Waals surface area contributed by atoms with Crippen molar-refractivity contribution >= 4 is 11.7 Å². The van der Waals surface area contributed by atoms with Crippen molar-refractivity contribution in [3.05, 3.63) is 29.8 Å². The summed E-state index contributed by atoms with van der Waals surface area (Å²) in [5, 5.41) is 0. The van der Waals surface area contributed by atoms with Gasteiger partial charge in [0.25, 0.3) is 0 Å². The van der Waals surface area contributed by atoms with Crippen LogP contribution >= 0.6 is 0 Å². The first-order valence-electron chi connectivity index (χ1n) is 6.36. The number of Topliss-reactive ketones (excluding diaryl/α,β-unsaturated/α-hetero) is 1. The summed E-state index contributed by atoms with van der Waals surface area (Å²) in [6.45, 7) is 2.14. The van der Waals surface area contributed by atoms with E-state index in [1.807, 2.05) is 0 Å². The number of nitrogens with two attached hydrogens (primary N) is 1. The molecule has 5 nitrogen and oxygen atoms in total. The van der Waals surface area contributed by atoms with Gasteiger partial charge < -0.3 is 4.74 Å². The highest BCUT2D eigenvalue weighted by molar-refractivity contribution is 5.94. The monoisotopic (exact) mass is 264 g/mol. The highest BCUT2D eigenvalue weighted by atomic mass is 16.5. The molecule has 19 heavy (non-hydrogen) atoms. The first-order chi connectivity index (χ1) is 9.13. The molecule has 0 aliphatic rings. The van der Waals surface area contributed by atoms with E-state index in [4.69, 9.17) is 10.6 Å². The summed E-state index contributed by atoms with van der Waals surface area (Å²) in [6.07, 6.45) is 3.05. The number of ether oxygens (including phenoxy) is 1. The van der Waals surface area contributed by atoms with Gasteiger partial charge in [0.1, 0.15) is 5.75 Å². The SMILES string of the molecule is CC(=O)c1ccc(OCCCCCC(=O)NN)cc1. The van der Waals surface area contributed by atoms with Crippen molar-refractivity contribution < 1.29 is 14.3 Å². The fraction of sp³-hybridized carbons (Fsp3) is 0.429. The molecule has 1 aromatic rings. The zero-order chi connectivity index (χ0) is 14.1. The van der Waals surface area contributed by atoms with Crippen LogP contribution in [0.4, 0.5) is 0 Å². The van der Waals surface area contributed by atoms with Gasteiger partial charge >= 0.3 is 0 Å². The lowest BCUT2D eigenvalue weighted by atomic mass is 10.1. The minimum absolute atomic E-state index is 0.0460. The summed E-state index contributed by atoms with van der Waals surface area (Å²) < 4.78 is 5.54. The fourth-order valence-electron chi connectivity index (χ4n) is 1.61. The average molecular weight is 264 g/mol. The second-order valence-electron chi connectivity index (χ2n) is 4.31. The lowest BCUT2D eigenvalue weighted by Gasteiger charge is -2.06. The molecule has 0 aromatic heterocycles. The third-order valence-corrected chi connectivity index (χ3v) is 2.74. The van der Waals surface area contributed by atoms with E-state index in [0.29, 0.717) is 18.6 Å². The number of carbonyl (C=O) groups is 2. The normalized spacial score (nSPS) is 10.0. The highest BCUT2D eigenvalue weighted by Crippen LogP contribution is 2.13. The smallest absolute Gasteiger partial charge is 0.233 e. The van der Waals surface area contributed by atoms with Crippen molar-refractivity contribution in [3.8, 4) is 5.75 Å². The van der Waals surface area contributed by atoms with Gasteiger partial charge in [-0.3, -0.25) is 15.0 Å². The Labute approximate surface area is 113 Å². The van der Waals surface area contributed by atoms with E-state index in [-0.39, 0.29) is 11.7 Å². The summed E-state index contributed by atoms with van der Waals surface area (Å²) in [5.41, 5.74) is 2.78. The van der Waals surface area contributed by atoms with Crippen molar-refractivity contribution in [2.24, 2.45) is 5.84 Å². The molecule has 0 aliphatic carbocycles. The maximum Gasteiger partial charge on any atom is 0.233 e. The van der Waals surface area contributed by atoms with Crippen molar-refractivity contribution in [2.45, 2.75) is 32.6 Å². The van der Waals surface area contributed by atoms with Gasteiger partial charge in [-0.2, -0.15) is 0 Å². The summed E-state index contributed by atoms with van der Waals surface area (Å²) in [4.78, 5) is 21.9. The van der Waals surface area contributed by atoms with Crippen LogP contribution in [-0.4, -0.2) is 18.3 Å². The number of hydrazine groups is 1. The van der Waals surface area contributed by atoms with E-state index in [1.54, 1.807) is 24.3 Å². The van der Waals surface area contributed by atoms with E-state index in [0.717, 1.165) is 25.0 Å². The number of nitrogens with one attached hydrogen (secondary N) is 1. The van der Waals surface area contributed by atoms with Crippen molar-refractivity contribution in [2.75, 3.05) is 6.61 Å². The van der Waals surface area contributed by atoms with Gasteiger partial charge in [-0.1, -0.05) is 0 Å². The molecule has 0 saturated heterocycles. The Morgan fingerprint density at radius 3 is 2.42 bits per heavy atom. The van der Waals surface area contributed by atoms with Gasteiger partial charge in [0.2, 0.25) is 5.91 Å². The van der Waals surface area contributed by atoms with Crippen molar-refractivity contribution in [1.82, 2.24) is 5.43 Å². The maximum absolute atomic E-state index is 11.1. The number of carbonyl (C=O) groups excluding carboxylic acids is 2. The van der Waals surface area contributed by atoms with E-state index in [9.17, 15) is 9.59 Å². The van der Waals surface area contributed by atoms with Crippen LogP contribution in [0.5, 0.6) is 5.75 Å². The van der Waals surface area contributed by atoms with Crippen molar-refractivity contribution in [1.29, 1.82) is 0 Å². The van der Waals surface area contributed by atoms with Crippen LogP contribution in [-0.2, 0) is 4.79 Å². The molecule has 0 aliphatic heterocycles. The summed E-state index contributed by atoms with van der Waals surface area (Å²) in [5.74, 6) is 5.64. The van der Waals surface area contributed by atoms with Gasteiger partial charge in [0.15, 0.2) is 5.78 Å². The Balaban J connectivity index is 2.15. The van der Waals surface area contributed by atoms with Crippen LogP contribution in [0.3, 0.4) is 0 Å². The molecule has 0 heterocycles. The quantitative estimate of drug-likeness (QED) is 0.247. The maximum atomic E-state index is 11.1. The summed E-state index contributed by atoms with van der Waals surface area (Å²) in [7, 11) is 0. The third kappa shape index (κ3) is 6.01. The molecule has 3 N–H and O–H groups in total. The Kier molecular flexibility index (Phi) is 6.60. The number of unbranched alkanes of at least 4 members (excludes halogenated alkanes) is 2. The number of ketones is 1. The molecule has 104 valence electrons. The second kappa shape index (κ2) is 8.26. The van der Waals surface area contributed by atoms with Crippen molar-refractivity contribution in [3.63, 3.8) is 0 Å². The predicted molar refractivity (Wildman–Crippen MR) is 72.7 cm³/mol. The minimum atomic E-state index is -0.138. The van der Waals surface area contributed by atoms with E-state index in [2.05, 4.69) is 5.43 Å². The summed E-state index contributed by atoms with van der Waals surface area (Å²) >= 11 is 0. The Morgan fingerprint density at radius 2 is 1.84 bits per heavy atom. The molecule has 1 aromatic carbocycles. The van der Waals surface area contributed by atoms with Gasteiger partial charge in [0.05, 0.1) is 6.61 Å². The highest BCUT2D eigenvalue weighted by Gasteiger charge is 2.00. The van der Waals surface area contributed by atoms with Gasteiger partial charge in [0, 0.05) is 12.0 Å². The van der Waals surface area contributed by atoms with E-state index < -0.39 is 0 Å². The van der Waals surface area contributed by atoms with Crippen LogP contribution in [0.2, 0.25) is 0 Å². The van der Waals surface area contributed by atoms with Gasteiger partial charge in [-0.05, 0) is 50.5 Å². The lowest BCUT2D eigenvalue weighted by molar-refractivity contribution is -0.121. The lowest BCUT2D eigenvalue weighted by Crippen LogP contribution is -2.29.